The highest BCUT2D eigenvalue weighted by Crippen LogP contribution is 2.32. The third-order valence-electron chi connectivity index (χ3n) is 3.17. The highest BCUT2D eigenvalue weighted by atomic mass is 32.2. The first kappa shape index (κ1) is 12.8. The number of rotatable bonds is 5. The van der Waals surface area contributed by atoms with Gasteiger partial charge in [0.05, 0.1) is 6.20 Å². The molecule has 0 aliphatic heterocycles. The molecule has 0 aromatic carbocycles. The third-order valence-corrected chi connectivity index (χ3v) is 4.49. The molecule has 1 aromatic rings. The average molecular weight is 251 g/mol. The van der Waals surface area contributed by atoms with Crippen LogP contribution in [0.4, 0.5) is 0 Å². The maximum absolute atomic E-state index is 4.36. The van der Waals surface area contributed by atoms with Crippen molar-refractivity contribution in [3.05, 3.63) is 18.6 Å². The molecule has 0 bridgehead atoms. The largest absolute Gasteiger partial charge is 0.313 e. The first-order chi connectivity index (χ1) is 8.40. The van der Waals surface area contributed by atoms with E-state index < -0.39 is 0 Å². The number of thioether (sulfide) groups is 1. The lowest BCUT2D eigenvalue weighted by atomic mass is 9.95. The van der Waals surface area contributed by atoms with Crippen LogP contribution in [0.1, 0.15) is 39.0 Å². The zero-order valence-corrected chi connectivity index (χ0v) is 11.2. The van der Waals surface area contributed by atoms with E-state index in [0.29, 0.717) is 11.3 Å². The summed E-state index contributed by atoms with van der Waals surface area (Å²) in [5, 5.41) is 5.39. The summed E-state index contributed by atoms with van der Waals surface area (Å²) in [4.78, 5) is 8.49. The van der Waals surface area contributed by atoms with E-state index in [4.69, 9.17) is 0 Å². The maximum Gasteiger partial charge on any atom is 0.115 e. The quantitative estimate of drug-likeness (QED) is 0.873. The smallest absolute Gasteiger partial charge is 0.115 e. The number of hydrogen-bond acceptors (Lipinski definition) is 4. The number of hydrogen-bond donors (Lipinski definition) is 1. The summed E-state index contributed by atoms with van der Waals surface area (Å²) in [6.07, 6.45) is 11.9. The minimum atomic E-state index is 0.649. The predicted molar refractivity (Wildman–Crippen MR) is 72.2 cm³/mol. The van der Waals surface area contributed by atoms with Crippen LogP contribution in [0.3, 0.4) is 0 Å². The SMILES string of the molecule is CCCNC1CCCCC1Sc1cnccn1. The van der Waals surface area contributed by atoms with Crippen LogP contribution < -0.4 is 5.32 Å². The summed E-state index contributed by atoms with van der Waals surface area (Å²) >= 11 is 1.89. The minimum Gasteiger partial charge on any atom is -0.313 e. The summed E-state index contributed by atoms with van der Waals surface area (Å²) < 4.78 is 0. The van der Waals surface area contributed by atoms with Crippen LogP contribution >= 0.6 is 11.8 Å². The number of nitrogens with zero attached hydrogens (tertiary/aromatic N) is 2. The molecule has 1 aromatic heterocycles. The Morgan fingerprint density at radius 3 is 3.00 bits per heavy atom. The van der Waals surface area contributed by atoms with Crippen molar-refractivity contribution >= 4 is 11.8 Å². The molecule has 94 valence electrons. The van der Waals surface area contributed by atoms with Gasteiger partial charge in [-0.3, -0.25) is 4.98 Å². The fraction of sp³-hybridized carbons (Fsp3) is 0.692. The summed E-state index contributed by atoms with van der Waals surface area (Å²) in [5.41, 5.74) is 0. The predicted octanol–water partition coefficient (Wildman–Crippen LogP) is 2.88. The Kier molecular flexibility index (Phi) is 5.26. The van der Waals surface area contributed by atoms with Crippen molar-refractivity contribution in [2.45, 2.75) is 55.3 Å². The van der Waals surface area contributed by atoms with Crippen LogP contribution in [-0.4, -0.2) is 27.8 Å². The summed E-state index contributed by atoms with van der Waals surface area (Å²) in [5.74, 6) is 0. The van der Waals surface area contributed by atoms with Gasteiger partial charge in [-0.15, -0.1) is 0 Å². The first-order valence-electron chi connectivity index (χ1n) is 6.56. The van der Waals surface area contributed by atoms with Crippen molar-refractivity contribution in [3.63, 3.8) is 0 Å². The third kappa shape index (κ3) is 3.96. The van der Waals surface area contributed by atoms with E-state index in [-0.39, 0.29) is 0 Å². The monoisotopic (exact) mass is 251 g/mol. The highest BCUT2D eigenvalue weighted by Gasteiger charge is 2.25. The Labute approximate surface area is 108 Å². The first-order valence-corrected chi connectivity index (χ1v) is 7.44. The molecule has 4 heteroatoms. The van der Waals surface area contributed by atoms with Crippen LogP contribution in [0.25, 0.3) is 0 Å². The van der Waals surface area contributed by atoms with Crippen molar-refractivity contribution < 1.29 is 0 Å². The second-order valence-corrected chi connectivity index (χ2v) is 5.80. The molecule has 3 nitrogen and oxygen atoms in total. The molecule has 1 aliphatic rings. The Hall–Kier alpha value is -0.610. The van der Waals surface area contributed by atoms with Crippen molar-refractivity contribution in [3.8, 4) is 0 Å². The summed E-state index contributed by atoms with van der Waals surface area (Å²) in [6, 6.07) is 0.649. The zero-order chi connectivity index (χ0) is 11.9. The molecule has 2 rings (SSSR count). The van der Waals surface area contributed by atoms with Crippen LogP contribution in [0.2, 0.25) is 0 Å². The topological polar surface area (TPSA) is 37.8 Å². The lowest BCUT2D eigenvalue weighted by Gasteiger charge is -2.31. The second kappa shape index (κ2) is 6.97. The minimum absolute atomic E-state index is 0.649. The van der Waals surface area contributed by atoms with Gasteiger partial charge in [0.2, 0.25) is 0 Å². The van der Waals surface area contributed by atoms with Crippen molar-refractivity contribution in [1.82, 2.24) is 15.3 Å². The second-order valence-electron chi connectivity index (χ2n) is 4.55. The maximum atomic E-state index is 4.36. The molecule has 17 heavy (non-hydrogen) atoms. The molecule has 1 heterocycles. The van der Waals surface area contributed by atoms with Gasteiger partial charge in [0, 0.05) is 23.7 Å². The van der Waals surface area contributed by atoms with E-state index in [1.54, 1.807) is 12.4 Å². The van der Waals surface area contributed by atoms with Crippen molar-refractivity contribution in [2.75, 3.05) is 6.54 Å². The van der Waals surface area contributed by atoms with Crippen LogP contribution in [-0.2, 0) is 0 Å². The van der Waals surface area contributed by atoms with Crippen molar-refractivity contribution in [1.29, 1.82) is 0 Å². The van der Waals surface area contributed by atoms with Gasteiger partial charge in [0.15, 0.2) is 0 Å². The van der Waals surface area contributed by atoms with Gasteiger partial charge in [-0.2, -0.15) is 0 Å². The molecule has 0 amide bonds. The molecule has 1 saturated carbocycles. The van der Waals surface area contributed by atoms with Gasteiger partial charge in [-0.25, -0.2) is 4.98 Å². The van der Waals surface area contributed by atoms with E-state index in [9.17, 15) is 0 Å². The van der Waals surface area contributed by atoms with Crippen LogP contribution in [0, 0.1) is 0 Å². The van der Waals surface area contributed by atoms with Crippen LogP contribution in [0.15, 0.2) is 23.6 Å². The van der Waals surface area contributed by atoms with Gasteiger partial charge in [-0.1, -0.05) is 31.5 Å². The van der Waals surface area contributed by atoms with Gasteiger partial charge >= 0.3 is 0 Å². The summed E-state index contributed by atoms with van der Waals surface area (Å²) in [6.45, 7) is 3.35. The molecular weight excluding hydrogens is 230 g/mol. The Morgan fingerprint density at radius 1 is 1.35 bits per heavy atom. The average Bonchev–Trinajstić information content (AvgIpc) is 2.39. The van der Waals surface area contributed by atoms with Gasteiger partial charge in [-0.05, 0) is 25.8 Å². The van der Waals surface area contributed by atoms with Crippen LogP contribution in [0.5, 0.6) is 0 Å². The van der Waals surface area contributed by atoms with Gasteiger partial charge in [0.1, 0.15) is 5.03 Å². The lowest BCUT2D eigenvalue weighted by Crippen LogP contribution is -2.40. The van der Waals surface area contributed by atoms with E-state index in [1.165, 1.54) is 32.1 Å². The molecule has 1 fully saturated rings. The zero-order valence-electron chi connectivity index (χ0n) is 10.4. The lowest BCUT2D eigenvalue weighted by molar-refractivity contribution is 0.384. The van der Waals surface area contributed by atoms with E-state index in [1.807, 2.05) is 18.0 Å². The molecule has 2 atom stereocenters. The highest BCUT2D eigenvalue weighted by molar-refractivity contribution is 7.99. The van der Waals surface area contributed by atoms with E-state index >= 15 is 0 Å². The molecule has 1 N–H and O–H groups in total. The Bertz CT molecular complexity index is 318. The molecule has 0 radical (unpaired) electrons. The fourth-order valence-corrected chi connectivity index (χ4v) is 3.54. The summed E-state index contributed by atoms with van der Waals surface area (Å²) in [7, 11) is 0. The molecule has 0 saturated heterocycles. The number of aromatic nitrogens is 2. The number of nitrogens with one attached hydrogen (secondary N) is 1. The molecule has 1 aliphatic carbocycles. The van der Waals surface area contributed by atoms with Crippen molar-refractivity contribution in [2.24, 2.45) is 0 Å². The van der Waals surface area contributed by atoms with Gasteiger partial charge < -0.3 is 5.32 Å². The fourth-order valence-electron chi connectivity index (χ4n) is 2.30. The van der Waals surface area contributed by atoms with E-state index in [2.05, 4.69) is 22.2 Å². The normalized spacial score (nSPS) is 24.8. The standard InChI is InChI=1S/C13H21N3S/c1-2-7-15-11-5-3-4-6-12(11)17-13-10-14-8-9-16-13/h8-12,15H,2-7H2,1H3. The Morgan fingerprint density at radius 2 is 2.24 bits per heavy atom. The molecular formula is C13H21N3S. The van der Waals surface area contributed by atoms with Gasteiger partial charge in [0.25, 0.3) is 0 Å². The molecule has 2 unspecified atom stereocenters. The van der Waals surface area contributed by atoms with E-state index in [0.717, 1.165) is 11.6 Å². The molecule has 0 spiro atoms. The Balaban J connectivity index is 1.92.